The molecule has 0 N–H and O–H groups in total. The molecule has 0 aliphatic carbocycles. The summed E-state index contributed by atoms with van der Waals surface area (Å²) < 4.78 is 16.3. The maximum absolute atomic E-state index is 14.5. The predicted molar refractivity (Wildman–Crippen MR) is 128 cm³/mol. The maximum Gasteiger partial charge on any atom is 0.139 e. The Kier molecular flexibility index (Phi) is 7.80. The summed E-state index contributed by atoms with van der Waals surface area (Å²) in [6.45, 7) is 3.89. The van der Waals surface area contributed by atoms with Crippen molar-refractivity contribution in [2.75, 3.05) is 5.08 Å². The average molecular weight is 474 g/mol. The van der Waals surface area contributed by atoms with Crippen molar-refractivity contribution in [3.63, 3.8) is 0 Å². The Morgan fingerprint density at radius 2 is 1.97 bits per heavy atom. The molecule has 0 saturated carbocycles. The number of thiol groups is 1. The molecule has 0 bridgehead atoms. The van der Waals surface area contributed by atoms with Crippen LogP contribution in [0.15, 0.2) is 36.4 Å². The number of halogens is 2. The first kappa shape index (κ1) is 22.7. The number of nitrogens with zero attached hydrogens (tertiary/aromatic N) is 3. The lowest BCUT2D eigenvalue weighted by atomic mass is 10.0. The molecule has 0 unspecified atom stereocenters. The van der Waals surface area contributed by atoms with E-state index in [-0.39, 0.29) is 5.82 Å². The highest BCUT2D eigenvalue weighted by molar-refractivity contribution is 8.70. The predicted octanol–water partition coefficient (Wildman–Crippen LogP) is 6.32. The van der Waals surface area contributed by atoms with E-state index in [1.165, 1.54) is 28.6 Å². The summed E-state index contributed by atoms with van der Waals surface area (Å²) in [4.78, 5) is 0. The second kappa shape index (κ2) is 10.3. The summed E-state index contributed by atoms with van der Waals surface area (Å²) in [6, 6.07) is 12.4. The smallest absolute Gasteiger partial charge is 0.139 e. The minimum atomic E-state index is -0.333. The van der Waals surface area contributed by atoms with Crippen molar-refractivity contribution >= 4 is 45.8 Å². The van der Waals surface area contributed by atoms with E-state index < -0.39 is 0 Å². The van der Waals surface area contributed by atoms with Crippen molar-refractivity contribution in [1.82, 2.24) is 9.78 Å². The van der Waals surface area contributed by atoms with Crippen LogP contribution < -0.4 is 0 Å². The van der Waals surface area contributed by atoms with Gasteiger partial charge in [0.25, 0.3) is 0 Å². The molecular weight excluding hydrogens is 457 g/mol. The van der Waals surface area contributed by atoms with Gasteiger partial charge < -0.3 is 0 Å². The van der Waals surface area contributed by atoms with E-state index in [1.807, 2.05) is 26.0 Å². The molecule has 0 saturated heterocycles. The summed E-state index contributed by atoms with van der Waals surface area (Å²) in [5.41, 5.74) is 5.25. The van der Waals surface area contributed by atoms with Gasteiger partial charge in [-0.05, 0) is 55.0 Å². The summed E-state index contributed by atoms with van der Waals surface area (Å²) in [5.74, 6) is 2.51. The van der Waals surface area contributed by atoms with Gasteiger partial charge >= 0.3 is 0 Å². The zero-order chi connectivity index (χ0) is 21.7. The van der Waals surface area contributed by atoms with Crippen molar-refractivity contribution < 1.29 is 4.39 Å². The first-order valence-corrected chi connectivity index (χ1v) is 12.3. The van der Waals surface area contributed by atoms with E-state index in [9.17, 15) is 4.39 Å². The molecule has 30 heavy (non-hydrogen) atoms. The van der Waals surface area contributed by atoms with Crippen LogP contribution in [0, 0.1) is 42.2 Å². The SMILES string of the molecule is Cc1nn(-c2ccc(C#N)c(Cl)c2)c(C)c1Cc1ccc(C#CSCSS)c(F)c1. The highest BCUT2D eigenvalue weighted by Crippen LogP contribution is 2.25. The van der Waals surface area contributed by atoms with Gasteiger partial charge in [0.05, 0.1) is 32.6 Å². The van der Waals surface area contributed by atoms with Crippen LogP contribution in [0.2, 0.25) is 5.02 Å². The van der Waals surface area contributed by atoms with Crippen LogP contribution in [0.5, 0.6) is 0 Å². The first-order valence-electron chi connectivity index (χ1n) is 8.87. The third kappa shape index (κ3) is 5.17. The summed E-state index contributed by atoms with van der Waals surface area (Å²) >= 11 is 11.6. The van der Waals surface area contributed by atoms with Crippen LogP contribution in [0.4, 0.5) is 4.39 Å². The Morgan fingerprint density at radius 1 is 1.20 bits per heavy atom. The molecule has 8 heteroatoms. The summed E-state index contributed by atoms with van der Waals surface area (Å²) in [5, 5.41) is 17.7. The van der Waals surface area contributed by atoms with Crippen LogP contribution in [0.25, 0.3) is 5.69 Å². The van der Waals surface area contributed by atoms with Gasteiger partial charge in [0.15, 0.2) is 0 Å². The quantitative estimate of drug-likeness (QED) is 0.155. The van der Waals surface area contributed by atoms with Crippen LogP contribution in [-0.4, -0.2) is 14.9 Å². The van der Waals surface area contributed by atoms with E-state index in [4.69, 9.17) is 16.9 Å². The minimum Gasteiger partial charge on any atom is -0.238 e. The molecule has 3 aromatic rings. The molecule has 0 radical (unpaired) electrons. The second-order valence-electron chi connectivity index (χ2n) is 6.45. The number of thioether (sulfide) groups is 1. The van der Waals surface area contributed by atoms with Crippen molar-refractivity contribution in [3.05, 3.63) is 80.9 Å². The van der Waals surface area contributed by atoms with Crippen molar-refractivity contribution in [3.8, 4) is 22.9 Å². The van der Waals surface area contributed by atoms with E-state index in [1.54, 1.807) is 22.9 Å². The van der Waals surface area contributed by atoms with Crippen LogP contribution in [-0.2, 0) is 6.42 Å². The van der Waals surface area contributed by atoms with E-state index >= 15 is 0 Å². The van der Waals surface area contributed by atoms with Gasteiger partial charge in [-0.2, -0.15) is 10.4 Å². The number of hydrogen-bond acceptors (Lipinski definition) is 5. The zero-order valence-electron chi connectivity index (χ0n) is 16.2. The summed E-state index contributed by atoms with van der Waals surface area (Å²) in [6.07, 6.45) is 0.553. The fourth-order valence-corrected chi connectivity index (χ4v) is 4.35. The molecule has 0 amide bonds. The lowest BCUT2D eigenvalue weighted by Gasteiger charge is -2.07. The molecule has 1 aromatic heterocycles. The number of benzene rings is 2. The topological polar surface area (TPSA) is 41.6 Å². The fourth-order valence-electron chi connectivity index (χ4n) is 3.03. The zero-order valence-corrected chi connectivity index (χ0v) is 19.5. The lowest BCUT2D eigenvalue weighted by molar-refractivity contribution is 0.622. The Balaban J connectivity index is 1.86. The molecular formula is C22H17ClFN3S3. The number of aryl methyl sites for hydroxylation is 1. The van der Waals surface area contributed by atoms with Gasteiger partial charge in [0.2, 0.25) is 0 Å². The molecule has 3 nitrogen and oxygen atoms in total. The Labute approximate surface area is 193 Å². The highest BCUT2D eigenvalue weighted by Gasteiger charge is 2.15. The van der Waals surface area contributed by atoms with Crippen LogP contribution >= 0.6 is 45.8 Å². The van der Waals surface area contributed by atoms with Gasteiger partial charge in [0.1, 0.15) is 11.9 Å². The normalized spacial score (nSPS) is 10.4. The van der Waals surface area contributed by atoms with Gasteiger partial charge in [-0.15, -0.1) is 11.7 Å². The Morgan fingerprint density at radius 3 is 2.63 bits per heavy atom. The number of aromatic nitrogens is 2. The third-order valence-corrected chi connectivity index (χ3v) is 6.94. The van der Waals surface area contributed by atoms with Gasteiger partial charge in [0, 0.05) is 17.7 Å². The van der Waals surface area contributed by atoms with E-state index in [0.717, 1.165) is 33.3 Å². The average Bonchev–Trinajstić information content (AvgIpc) is 3.00. The largest absolute Gasteiger partial charge is 0.238 e. The Bertz CT molecular complexity index is 1190. The van der Waals surface area contributed by atoms with Crippen LogP contribution in [0.1, 0.15) is 33.6 Å². The molecule has 0 atom stereocenters. The van der Waals surface area contributed by atoms with E-state index in [0.29, 0.717) is 22.6 Å². The fraction of sp³-hybridized carbons (Fsp3) is 0.182. The number of nitriles is 1. The van der Waals surface area contributed by atoms with Gasteiger partial charge in [-0.25, -0.2) is 9.07 Å². The monoisotopic (exact) mass is 473 g/mol. The molecule has 0 spiro atoms. The molecule has 1 heterocycles. The minimum absolute atomic E-state index is 0.333. The Hall–Kier alpha value is -2.03. The molecule has 152 valence electrons. The highest BCUT2D eigenvalue weighted by atomic mass is 35.5. The standard InChI is InChI=1S/C22H17ClFN3S3/c1-14-20(9-16-3-4-17(22(24)10-16)7-8-29-13-30-28)15(2)27(26-14)19-6-5-18(12-25)21(23)11-19/h3-6,10-11,28H,9,13H2,1-2H3. The van der Waals surface area contributed by atoms with Crippen molar-refractivity contribution in [1.29, 1.82) is 5.26 Å². The molecule has 0 aliphatic rings. The second-order valence-corrected chi connectivity index (χ2v) is 9.32. The number of rotatable bonds is 5. The van der Waals surface area contributed by atoms with Crippen molar-refractivity contribution in [2.24, 2.45) is 0 Å². The number of hydrogen-bond donors (Lipinski definition) is 1. The lowest BCUT2D eigenvalue weighted by Crippen LogP contribution is -2.00. The summed E-state index contributed by atoms with van der Waals surface area (Å²) in [7, 11) is 1.38. The van der Waals surface area contributed by atoms with E-state index in [2.05, 4.69) is 34.0 Å². The third-order valence-electron chi connectivity index (χ3n) is 4.54. The molecule has 0 aliphatic heterocycles. The maximum atomic E-state index is 14.5. The first-order chi connectivity index (χ1) is 14.4. The van der Waals surface area contributed by atoms with Crippen molar-refractivity contribution in [2.45, 2.75) is 20.3 Å². The molecule has 2 aromatic carbocycles. The molecule has 0 fully saturated rings. The van der Waals surface area contributed by atoms with Gasteiger partial charge in [-0.1, -0.05) is 46.1 Å². The van der Waals surface area contributed by atoms with Crippen LogP contribution in [0.3, 0.4) is 0 Å². The molecule has 3 rings (SSSR count). The van der Waals surface area contributed by atoms with Gasteiger partial charge in [-0.3, -0.25) is 0 Å².